The highest BCUT2D eigenvalue weighted by atomic mass is 35.5. The van der Waals surface area contributed by atoms with Crippen molar-refractivity contribution in [2.24, 2.45) is 0 Å². The molecule has 5 heteroatoms. The Bertz CT molecular complexity index is 661. The summed E-state index contributed by atoms with van der Waals surface area (Å²) in [5, 5.41) is 3.49. The van der Waals surface area contributed by atoms with Crippen LogP contribution in [0.25, 0.3) is 0 Å². The maximum Gasteiger partial charge on any atom is 0.260 e. The lowest BCUT2D eigenvalue weighted by atomic mass is 10.2. The molecule has 0 bridgehead atoms. The Balaban J connectivity index is 1.64. The third-order valence-corrected chi connectivity index (χ3v) is 4.68. The van der Waals surface area contributed by atoms with Crippen LogP contribution in [0.3, 0.4) is 0 Å². The number of halogens is 1. The molecule has 0 unspecified atom stereocenters. The first-order valence-electron chi connectivity index (χ1n) is 7.88. The van der Waals surface area contributed by atoms with Gasteiger partial charge in [-0.25, -0.2) is 0 Å². The molecule has 0 saturated heterocycles. The third kappa shape index (κ3) is 6.46. The molecule has 0 fully saturated rings. The Morgan fingerprint density at radius 3 is 2.71 bits per heavy atom. The molecule has 0 aliphatic carbocycles. The van der Waals surface area contributed by atoms with Crippen molar-refractivity contribution in [1.82, 2.24) is 5.32 Å². The average Bonchev–Trinajstić information content (AvgIpc) is 2.56. The Hall–Kier alpha value is -1.65. The van der Waals surface area contributed by atoms with E-state index in [0.717, 1.165) is 11.5 Å². The summed E-state index contributed by atoms with van der Waals surface area (Å²) in [5.41, 5.74) is 2.57. The number of hydrogen-bond donors (Lipinski definition) is 1. The van der Waals surface area contributed by atoms with Gasteiger partial charge in [0, 0.05) is 23.1 Å². The van der Waals surface area contributed by atoms with Gasteiger partial charge >= 0.3 is 0 Å². The van der Waals surface area contributed by atoms with Gasteiger partial charge in [-0.05, 0) is 37.6 Å². The van der Waals surface area contributed by atoms with Crippen LogP contribution in [0.4, 0.5) is 0 Å². The zero-order valence-electron chi connectivity index (χ0n) is 13.9. The molecular weight excluding hydrogens is 342 g/mol. The van der Waals surface area contributed by atoms with E-state index >= 15 is 0 Å². The second-order valence-electron chi connectivity index (χ2n) is 5.55. The Labute approximate surface area is 152 Å². The van der Waals surface area contributed by atoms with E-state index in [4.69, 9.17) is 16.3 Å². The van der Waals surface area contributed by atoms with Crippen molar-refractivity contribution < 1.29 is 9.53 Å². The van der Waals surface area contributed by atoms with E-state index in [0.29, 0.717) is 17.3 Å². The SMILES string of the molecule is Cc1ccc(CSCCNC(=O)[C@@H](C)Oc2cccc(Cl)c2)cc1. The Morgan fingerprint density at radius 2 is 2.00 bits per heavy atom. The predicted octanol–water partition coefficient (Wildman–Crippen LogP) is 4.47. The molecule has 1 N–H and O–H groups in total. The molecule has 0 heterocycles. The molecule has 0 aliphatic rings. The molecule has 2 aromatic rings. The quantitative estimate of drug-likeness (QED) is 0.703. The second-order valence-corrected chi connectivity index (χ2v) is 7.09. The third-order valence-electron chi connectivity index (χ3n) is 3.41. The van der Waals surface area contributed by atoms with Gasteiger partial charge in [0.2, 0.25) is 0 Å². The summed E-state index contributed by atoms with van der Waals surface area (Å²) in [6.45, 7) is 4.44. The maximum absolute atomic E-state index is 12.0. The fourth-order valence-electron chi connectivity index (χ4n) is 2.06. The molecule has 128 valence electrons. The first-order chi connectivity index (χ1) is 11.5. The summed E-state index contributed by atoms with van der Waals surface area (Å²) in [4.78, 5) is 12.0. The van der Waals surface area contributed by atoms with Crippen molar-refractivity contribution in [1.29, 1.82) is 0 Å². The van der Waals surface area contributed by atoms with Gasteiger partial charge < -0.3 is 10.1 Å². The van der Waals surface area contributed by atoms with Gasteiger partial charge in [-0.15, -0.1) is 0 Å². The van der Waals surface area contributed by atoms with E-state index in [2.05, 4.69) is 36.5 Å². The Kier molecular flexibility index (Phi) is 7.47. The number of aryl methyl sites for hydroxylation is 1. The van der Waals surface area contributed by atoms with Crippen molar-refractivity contribution in [3.8, 4) is 5.75 Å². The smallest absolute Gasteiger partial charge is 0.260 e. The molecule has 2 rings (SSSR count). The minimum atomic E-state index is -0.550. The number of ether oxygens (including phenoxy) is 1. The average molecular weight is 364 g/mol. The van der Waals surface area contributed by atoms with Gasteiger partial charge in [-0.3, -0.25) is 4.79 Å². The van der Waals surface area contributed by atoms with Gasteiger partial charge in [0.05, 0.1) is 0 Å². The first kappa shape index (κ1) is 18.7. The second kappa shape index (κ2) is 9.60. The lowest BCUT2D eigenvalue weighted by Gasteiger charge is -2.14. The van der Waals surface area contributed by atoms with Crippen molar-refractivity contribution in [2.45, 2.75) is 25.7 Å². The van der Waals surface area contributed by atoms with Gasteiger partial charge in [-0.1, -0.05) is 47.5 Å². The number of rotatable bonds is 8. The summed E-state index contributed by atoms with van der Waals surface area (Å²) in [6, 6.07) is 15.6. The zero-order chi connectivity index (χ0) is 17.4. The molecule has 0 saturated carbocycles. The normalized spacial score (nSPS) is 11.8. The molecule has 1 amide bonds. The number of carbonyl (C=O) groups is 1. The van der Waals surface area contributed by atoms with E-state index in [1.54, 1.807) is 43.0 Å². The van der Waals surface area contributed by atoms with E-state index in [-0.39, 0.29) is 5.91 Å². The lowest BCUT2D eigenvalue weighted by molar-refractivity contribution is -0.127. The number of amides is 1. The van der Waals surface area contributed by atoms with Crippen LogP contribution in [-0.2, 0) is 10.5 Å². The number of nitrogens with one attached hydrogen (secondary N) is 1. The largest absolute Gasteiger partial charge is 0.481 e. The minimum absolute atomic E-state index is 0.120. The summed E-state index contributed by atoms with van der Waals surface area (Å²) in [7, 11) is 0. The van der Waals surface area contributed by atoms with Gasteiger partial charge in [0.1, 0.15) is 5.75 Å². The molecule has 0 radical (unpaired) electrons. The van der Waals surface area contributed by atoms with Crippen molar-refractivity contribution in [3.05, 3.63) is 64.7 Å². The van der Waals surface area contributed by atoms with Crippen LogP contribution in [-0.4, -0.2) is 24.3 Å². The minimum Gasteiger partial charge on any atom is -0.481 e. The standard InChI is InChI=1S/C19H22ClNO2S/c1-14-6-8-16(9-7-14)13-24-11-10-21-19(22)15(2)23-18-5-3-4-17(20)12-18/h3-9,12,15H,10-11,13H2,1-2H3,(H,21,22)/t15-/m1/s1. The summed E-state index contributed by atoms with van der Waals surface area (Å²) in [6.07, 6.45) is -0.550. The predicted molar refractivity (Wildman–Crippen MR) is 102 cm³/mol. The highest BCUT2D eigenvalue weighted by molar-refractivity contribution is 7.98. The molecular formula is C19H22ClNO2S. The van der Waals surface area contributed by atoms with E-state index < -0.39 is 6.10 Å². The van der Waals surface area contributed by atoms with Gasteiger partial charge in [0.25, 0.3) is 5.91 Å². The van der Waals surface area contributed by atoms with E-state index in [1.165, 1.54) is 11.1 Å². The van der Waals surface area contributed by atoms with Crippen LogP contribution in [0.2, 0.25) is 5.02 Å². The number of carbonyl (C=O) groups excluding carboxylic acids is 1. The number of hydrogen-bond acceptors (Lipinski definition) is 3. The molecule has 3 nitrogen and oxygen atoms in total. The molecule has 0 spiro atoms. The van der Waals surface area contributed by atoms with Crippen molar-refractivity contribution >= 4 is 29.3 Å². The lowest BCUT2D eigenvalue weighted by Crippen LogP contribution is -2.37. The van der Waals surface area contributed by atoms with Crippen LogP contribution in [0.15, 0.2) is 48.5 Å². The number of benzene rings is 2. The fraction of sp³-hybridized carbons (Fsp3) is 0.316. The maximum atomic E-state index is 12.0. The van der Waals surface area contributed by atoms with E-state index in [9.17, 15) is 4.79 Å². The summed E-state index contributed by atoms with van der Waals surface area (Å²) >= 11 is 7.70. The fourth-order valence-corrected chi connectivity index (χ4v) is 3.06. The highest BCUT2D eigenvalue weighted by Crippen LogP contribution is 2.18. The van der Waals surface area contributed by atoms with E-state index in [1.807, 2.05) is 0 Å². The van der Waals surface area contributed by atoms with Gasteiger partial charge in [0.15, 0.2) is 6.10 Å². The van der Waals surface area contributed by atoms with Crippen molar-refractivity contribution in [2.75, 3.05) is 12.3 Å². The highest BCUT2D eigenvalue weighted by Gasteiger charge is 2.14. The van der Waals surface area contributed by atoms with Crippen LogP contribution in [0, 0.1) is 6.92 Å². The summed E-state index contributed by atoms with van der Waals surface area (Å²) < 4.78 is 5.59. The monoisotopic (exact) mass is 363 g/mol. The molecule has 0 aromatic heterocycles. The Morgan fingerprint density at radius 1 is 1.25 bits per heavy atom. The van der Waals surface area contributed by atoms with Crippen LogP contribution in [0.5, 0.6) is 5.75 Å². The molecule has 24 heavy (non-hydrogen) atoms. The molecule has 1 atom stereocenters. The van der Waals surface area contributed by atoms with Gasteiger partial charge in [-0.2, -0.15) is 11.8 Å². The first-order valence-corrected chi connectivity index (χ1v) is 9.41. The van der Waals surface area contributed by atoms with Crippen LogP contribution in [0.1, 0.15) is 18.1 Å². The molecule has 2 aromatic carbocycles. The van der Waals surface area contributed by atoms with Crippen LogP contribution < -0.4 is 10.1 Å². The van der Waals surface area contributed by atoms with Crippen LogP contribution >= 0.6 is 23.4 Å². The molecule has 0 aliphatic heterocycles. The van der Waals surface area contributed by atoms with Crippen molar-refractivity contribution in [3.63, 3.8) is 0 Å². The summed E-state index contributed by atoms with van der Waals surface area (Å²) in [5.74, 6) is 2.29. The number of thioether (sulfide) groups is 1. The topological polar surface area (TPSA) is 38.3 Å². The zero-order valence-corrected chi connectivity index (χ0v) is 15.5.